The summed E-state index contributed by atoms with van der Waals surface area (Å²) in [5.74, 6) is -0.0673. The molecule has 2 heterocycles. The Labute approximate surface area is 166 Å². The van der Waals surface area contributed by atoms with Crippen molar-refractivity contribution < 1.29 is 4.79 Å². The first kappa shape index (κ1) is 17.8. The number of aromatic nitrogens is 2. The maximum Gasteiger partial charge on any atom is 0.244 e. The highest BCUT2D eigenvalue weighted by Crippen LogP contribution is 2.31. The molecule has 0 saturated heterocycles. The van der Waals surface area contributed by atoms with Crippen molar-refractivity contribution in [1.29, 1.82) is 0 Å². The van der Waals surface area contributed by atoms with Crippen LogP contribution in [0.5, 0.6) is 0 Å². The molecule has 0 saturated carbocycles. The quantitative estimate of drug-likeness (QED) is 0.498. The van der Waals surface area contributed by atoms with Crippen molar-refractivity contribution in [1.82, 2.24) is 15.1 Å². The fourth-order valence-corrected chi connectivity index (χ4v) is 3.88. The minimum Gasteiger partial charge on any atom is -0.349 e. The topological polar surface area (TPSA) is 46.9 Å². The summed E-state index contributed by atoms with van der Waals surface area (Å²) in [5, 5.41) is 11.3. The normalized spacial score (nSPS) is 12.2. The first-order chi connectivity index (χ1) is 13.1. The average molecular weight is 396 g/mol. The van der Waals surface area contributed by atoms with Gasteiger partial charge in [0.05, 0.1) is 12.1 Å². The van der Waals surface area contributed by atoms with Gasteiger partial charge in [-0.25, -0.2) is 0 Å². The molecule has 0 spiro atoms. The number of fused-ring (bicyclic) bond motifs is 1. The molecule has 1 amide bonds. The Morgan fingerprint density at radius 3 is 2.74 bits per heavy atom. The molecule has 4 aromatic rings. The van der Waals surface area contributed by atoms with Gasteiger partial charge in [0, 0.05) is 20.8 Å². The maximum absolute atomic E-state index is 12.7. The largest absolute Gasteiger partial charge is 0.349 e. The lowest BCUT2D eigenvalue weighted by Crippen LogP contribution is -2.30. The fourth-order valence-electron chi connectivity index (χ4n) is 3.06. The van der Waals surface area contributed by atoms with E-state index in [-0.39, 0.29) is 5.91 Å². The van der Waals surface area contributed by atoms with Gasteiger partial charge in [-0.1, -0.05) is 48.0 Å². The SMILES string of the molecule is C[C@@H](C(=O)NCc1cccs1)n1nc(-c2ccccc2)c2cc(Cl)ccc21. The van der Waals surface area contributed by atoms with Gasteiger partial charge in [-0.15, -0.1) is 11.3 Å². The van der Waals surface area contributed by atoms with E-state index in [1.807, 2.05) is 73.0 Å². The Morgan fingerprint density at radius 1 is 1.19 bits per heavy atom. The number of amides is 1. The molecule has 0 unspecified atom stereocenters. The zero-order valence-corrected chi connectivity index (χ0v) is 16.3. The highest BCUT2D eigenvalue weighted by atomic mass is 35.5. The molecule has 4 nitrogen and oxygen atoms in total. The smallest absolute Gasteiger partial charge is 0.244 e. The molecule has 136 valence electrons. The average Bonchev–Trinajstić information content (AvgIpc) is 3.33. The zero-order chi connectivity index (χ0) is 18.8. The number of rotatable bonds is 5. The molecule has 2 aromatic heterocycles. The summed E-state index contributed by atoms with van der Waals surface area (Å²) in [6, 6.07) is 19.1. The molecule has 0 fully saturated rings. The van der Waals surface area contributed by atoms with Crippen molar-refractivity contribution in [2.24, 2.45) is 0 Å². The highest BCUT2D eigenvalue weighted by Gasteiger charge is 2.21. The second-order valence-corrected chi connectivity index (χ2v) is 7.76. The molecule has 0 bridgehead atoms. The lowest BCUT2D eigenvalue weighted by molar-refractivity contribution is -0.124. The van der Waals surface area contributed by atoms with Gasteiger partial charge in [0.15, 0.2) is 0 Å². The molecule has 27 heavy (non-hydrogen) atoms. The number of nitrogens with one attached hydrogen (secondary N) is 1. The molecule has 6 heteroatoms. The molecule has 0 radical (unpaired) electrons. The Kier molecular flexibility index (Phi) is 4.97. The predicted molar refractivity (Wildman–Crippen MR) is 111 cm³/mol. The van der Waals surface area contributed by atoms with E-state index < -0.39 is 6.04 Å². The number of hydrogen-bond acceptors (Lipinski definition) is 3. The van der Waals surface area contributed by atoms with E-state index in [1.165, 1.54) is 0 Å². The lowest BCUT2D eigenvalue weighted by atomic mass is 10.1. The Hall–Kier alpha value is -2.63. The Bertz CT molecular complexity index is 1070. The molecular formula is C21H18ClN3OS. The van der Waals surface area contributed by atoms with Crippen LogP contribution in [0.4, 0.5) is 0 Å². The summed E-state index contributed by atoms with van der Waals surface area (Å²) >= 11 is 7.85. The predicted octanol–water partition coefficient (Wildman–Crippen LogP) is 5.30. The number of carbonyl (C=O) groups excluding carboxylic acids is 1. The molecular weight excluding hydrogens is 378 g/mol. The monoisotopic (exact) mass is 395 g/mol. The van der Waals surface area contributed by atoms with Gasteiger partial charge in [-0.3, -0.25) is 9.48 Å². The maximum atomic E-state index is 12.7. The van der Waals surface area contributed by atoms with E-state index in [0.717, 1.165) is 27.0 Å². The number of thiophene rings is 1. The summed E-state index contributed by atoms with van der Waals surface area (Å²) in [6.07, 6.45) is 0. The van der Waals surface area contributed by atoms with Crippen molar-refractivity contribution in [2.75, 3.05) is 0 Å². The van der Waals surface area contributed by atoms with E-state index in [0.29, 0.717) is 11.6 Å². The first-order valence-electron chi connectivity index (χ1n) is 8.67. The molecule has 2 aromatic carbocycles. The second kappa shape index (κ2) is 7.55. The van der Waals surface area contributed by atoms with Crippen LogP contribution in [0, 0.1) is 0 Å². The van der Waals surface area contributed by atoms with Crippen LogP contribution in [0.25, 0.3) is 22.2 Å². The van der Waals surface area contributed by atoms with Gasteiger partial charge in [0.25, 0.3) is 0 Å². The van der Waals surface area contributed by atoms with E-state index in [1.54, 1.807) is 16.0 Å². The van der Waals surface area contributed by atoms with Gasteiger partial charge >= 0.3 is 0 Å². The summed E-state index contributed by atoms with van der Waals surface area (Å²) in [7, 11) is 0. The zero-order valence-electron chi connectivity index (χ0n) is 14.7. The second-order valence-electron chi connectivity index (χ2n) is 6.29. The fraction of sp³-hybridized carbons (Fsp3) is 0.143. The van der Waals surface area contributed by atoms with Gasteiger partial charge in [-0.2, -0.15) is 5.10 Å². The minimum absolute atomic E-state index is 0.0673. The number of nitrogens with zero attached hydrogens (tertiary/aromatic N) is 2. The highest BCUT2D eigenvalue weighted by molar-refractivity contribution is 7.09. The van der Waals surface area contributed by atoms with Crippen LogP contribution in [0.2, 0.25) is 5.02 Å². The third-order valence-electron chi connectivity index (χ3n) is 4.48. The van der Waals surface area contributed by atoms with E-state index >= 15 is 0 Å². The summed E-state index contributed by atoms with van der Waals surface area (Å²) < 4.78 is 1.78. The minimum atomic E-state index is -0.439. The summed E-state index contributed by atoms with van der Waals surface area (Å²) in [4.78, 5) is 13.8. The molecule has 1 atom stereocenters. The van der Waals surface area contributed by atoms with Gasteiger partial charge in [0.1, 0.15) is 11.7 Å². The first-order valence-corrected chi connectivity index (χ1v) is 9.92. The number of hydrogen-bond donors (Lipinski definition) is 1. The van der Waals surface area contributed by atoms with E-state index in [4.69, 9.17) is 16.7 Å². The Balaban J connectivity index is 1.69. The van der Waals surface area contributed by atoms with Crippen molar-refractivity contribution in [2.45, 2.75) is 19.5 Å². The van der Waals surface area contributed by atoms with Crippen molar-refractivity contribution in [3.8, 4) is 11.3 Å². The van der Waals surface area contributed by atoms with Crippen LogP contribution in [-0.2, 0) is 11.3 Å². The van der Waals surface area contributed by atoms with Crippen LogP contribution in [0.1, 0.15) is 17.8 Å². The Morgan fingerprint density at radius 2 is 2.00 bits per heavy atom. The van der Waals surface area contributed by atoms with Crippen LogP contribution in [0.3, 0.4) is 0 Å². The molecule has 0 aliphatic rings. The van der Waals surface area contributed by atoms with Crippen molar-refractivity contribution in [3.05, 3.63) is 75.9 Å². The lowest BCUT2D eigenvalue weighted by Gasteiger charge is -2.13. The third kappa shape index (κ3) is 3.61. The number of carbonyl (C=O) groups is 1. The molecule has 0 aliphatic heterocycles. The third-order valence-corrected chi connectivity index (χ3v) is 5.59. The van der Waals surface area contributed by atoms with Crippen LogP contribution in [-0.4, -0.2) is 15.7 Å². The van der Waals surface area contributed by atoms with E-state index in [2.05, 4.69) is 5.32 Å². The van der Waals surface area contributed by atoms with E-state index in [9.17, 15) is 4.79 Å². The van der Waals surface area contributed by atoms with Crippen LogP contribution >= 0.6 is 22.9 Å². The molecule has 1 N–H and O–H groups in total. The molecule has 0 aliphatic carbocycles. The van der Waals surface area contributed by atoms with Crippen molar-refractivity contribution in [3.63, 3.8) is 0 Å². The summed E-state index contributed by atoms with van der Waals surface area (Å²) in [6.45, 7) is 2.39. The summed E-state index contributed by atoms with van der Waals surface area (Å²) in [5.41, 5.74) is 2.71. The van der Waals surface area contributed by atoms with Crippen molar-refractivity contribution >= 4 is 39.7 Å². The number of benzene rings is 2. The standard InChI is InChI=1S/C21H18ClN3OS/c1-14(21(26)23-13-17-8-5-11-27-17)25-19-10-9-16(22)12-18(19)20(24-25)15-6-3-2-4-7-15/h2-12,14H,13H2,1H3,(H,23,26)/t14-/m0/s1. The van der Waals surface area contributed by atoms with Gasteiger partial charge in [0.2, 0.25) is 5.91 Å². The molecule has 4 rings (SSSR count). The van der Waals surface area contributed by atoms with Crippen LogP contribution in [0.15, 0.2) is 66.0 Å². The van der Waals surface area contributed by atoms with Gasteiger partial charge in [-0.05, 0) is 36.6 Å². The number of halogens is 1. The van der Waals surface area contributed by atoms with Crippen LogP contribution < -0.4 is 5.32 Å². The van der Waals surface area contributed by atoms with Gasteiger partial charge < -0.3 is 5.32 Å².